The van der Waals surface area contributed by atoms with Crippen LogP contribution in [0.5, 0.6) is 0 Å². The van der Waals surface area contributed by atoms with E-state index >= 15 is 0 Å². The van der Waals surface area contributed by atoms with Crippen LogP contribution in [0.3, 0.4) is 0 Å². The molecule has 0 bridgehead atoms. The number of carbonyl (C=O) groups excluding carboxylic acids is 1. The van der Waals surface area contributed by atoms with Gasteiger partial charge in [-0.25, -0.2) is 9.97 Å². The summed E-state index contributed by atoms with van der Waals surface area (Å²) in [6, 6.07) is 7.17. The largest absolute Gasteiger partial charge is 0.366 e. The molecule has 0 aliphatic rings. The topological polar surface area (TPSA) is 73.8 Å². The fourth-order valence-electron chi connectivity index (χ4n) is 2.19. The van der Waals surface area contributed by atoms with Crippen LogP contribution in [0, 0.1) is 0 Å². The molecule has 2 heterocycles. The molecule has 110 valence electrons. The summed E-state index contributed by atoms with van der Waals surface area (Å²) in [4.78, 5) is 21.1. The molecule has 1 aromatic carbocycles. The molecule has 0 spiro atoms. The lowest BCUT2D eigenvalue weighted by Crippen LogP contribution is -2.10. The standard InChI is InChI=1S/C16H14N4OS/c1-2-8-22-14-10-20(16-18-6-3-7-19-16)13-9-11(15(17)21)4-5-12(13)14/h2-7,9-10H,1,8H2,(H2,17,21). The first-order valence-corrected chi connectivity index (χ1v) is 7.65. The fraction of sp³-hybridized carbons (Fsp3) is 0.0625. The van der Waals surface area contributed by atoms with Crippen LogP contribution in [0.15, 0.2) is 60.4 Å². The molecule has 0 aliphatic carbocycles. The van der Waals surface area contributed by atoms with Crippen LogP contribution < -0.4 is 5.73 Å². The molecule has 6 heteroatoms. The van der Waals surface area contributed by atoms with Crippen molar-refractivity contribution < 1.29 is 4.79 Å². The number of benzene rings is 1. The van der Waals surface area contributed by atoms with E-state index in [0.717, 1.165) is 21.6 Å². The second kappa shape index (κ2) is 6.03. The molecule has 2 aromatic heterocycles. The SMILES string of the molecule is C=CCSc1cn(-c2ncccn2)c2cc(C(N)=O)ccc12. The molecular formula is C16H14N4OS. The summed E-state index contributed by atoms with van der Waals surface area (Å²) in [5.74, 6) is 0.898. The van der Waals surface area contributed by atoms with Gasteiger partial charge in [-0.05, 0) is 18.2 Å². The van der Waals surface area contributed by atoms with Crippen LogP contribution in [-0.4, -0.2) is 26.2 Å². The van der Waals surface area contributed by atoms with Gasteiger partial charge in [-0.3, -0.25) is 9.36 Å². The molecule has 0 atom stereocenters. The van der Waals surface area contributed by atoms with Crippen LogP contribution in [0.2, 0.25) is 0 Å². The molecular weight excluding hydrogens is 296 g/mol. The minimum atomic E-state index is -0.455. The van der Waals surface area contributed by atoms with E-state index in [1.54, 1.807) is 42.4 Å². The molecule has 3 aromatic rings. The van der Waals surface area contributed by atoms with E-state index in [1.807, 2.05) is 22.9 Å². The molecule has 0 aliphatic heterocycles. The summed E-state index contributed by atoms with van der Waals surface area (Å²) in [7, 11) is 0. The maximum atomic E-state index is 11.4. The summed E-state index contributed by atoms with van der Waals surface area (Å²) >= 11 is 1.67. The molecule has 3 rings (SSSR count). The second-order valence-corrected chi connectivity index (χ2v) is 5.67. The molecule has 0 saturated heterocycles. The molecule has 0 radical (unpaired) electrons. The van der Waals surface area contributed by atoms with E-state index in [4.69, 9.17) is 5.73 Å². The zero-order valence-electron chi connectivity index (χ0n) is 11.8. The average Bonchev–Trinajstić information content (AvgIpc) is 2.91. The smallest absolute Gasteiger partial charge is 0.248 e. The first kappa shape index (κ1) is 14.3. The van der Waals surface area contributed by atoms with Crippen molar-refractivity contribution in [1.29, 1.82) is 0 Å². The quantitative estimate of drug-likeness (QED) is 0.581. The number of fused-ring (bicyclic) bond motifs is 1. The fourth-order valence-corrected chi connectivity index (χ4v) is 3.00. The molecule has 2 N–H and O–H groups in total. The number of hydrogen-bond acceptors (Lipinski definition) is 4. The Balaban J connectivity index is 2.22. The van der Waals surface area contributed by atoms with Crippen molar-refractivity contribution in [3.05, 3.63) is 61.1 Å². The maximum Gasteiger partial charge on any atom is 0.248 e. The van der Waals surface area contributed by atoms with Gasteiger partial charge in [-0.1, -0.05) is 12.1 Å². The first-order chi connectivity index (χ1) is 10.7. The van der Waals surface area contributed by atoms with Crippen molar-refractivity contribution in [3.63, 3.8) is 0 Å². The highest BCUT2D eigenvalue weighted by Gasteiger charge is 2.13. The van der Waals surface area contributed by atoms with Crippen LogP contribution in [0.25, 0.3) is 16.9 Å². The van der Waals surface area contributed by atoms with Crippen molar-refractivity contribution >= 4 is 28.6 Å². The monoisotopic (exact) mass is 310 g/mol. The van der Waals surface area contributed by atoms with Crippen molar-refractivity contribution in [2.45, 2.75) is 4.90 Å². The molecule has 0 fully saturated rings. The van der Waals surface area contributed by atoms with E-state index in [0.29, 0.717) is 11.5 Å². The number of nitrogens with zero attached hydrogens (tertiary/aromatic N) is 3. The third-order valence-corrected chi connectivity index (χ3v) is 4.22. The highest BCUT2D eigenvalue weighted by molar-refractivity contribution is 7.99. The average molecular weight is 310 g/mol. The van der Waals surface area contributed by atoms with Crippen LogP contribution in [0.1, 0.15) is 10.4 Å². The number of amides is 1. The lowest BCUT2D eigenvalue weighted by atomic mass is 10.1. The van der Waals surface area contributed by atoms with Gasteiger partial charge in [0, 0.05) is 40.2 Å². The summed E-state index contributed by atoms with van der Waals surface area (Å²) in [5, 5.41) is 1.03. The summed E-state index contributed by atoms with van der Waals surface area (Å²) < 4.78 is 1.87. The number of thioether (sulfide) groups is 1. The third kappa shape index (κ3) is 2.60. The van der Waals surface area contributed by atoms with Gasteiger partial charge in [0.05, 0.1) is 5.52 Å². The summed E-state index contributed by atoms with van der Waals surface area (Å²) in [6.07, 6.45) is 7.19. The Morgan fingerprint density at radius 2 is 2.14 bits per heavy atom. The Kier molecular flexibility index (Phi) is 3.93. The zero-order chi connectivity index (χ0) is 15.5. The van der Waals surface area contributed by atoms with Gasteiger partial charge < -0.3 is 5.73 Å². The predicted molar refractivity (Wildman–Crippen MR) is 88.3 cm³/mol. The van der Waals surface area contributed by atoms with Crippen LogP contribution >= 0.6 is 11.8 Å². The summed E-state index contributed by atoms with van der Waals surface area (Å²) in [6.45, 7) is 3.74. The van der Waals surface area contributed by atoms with Gasteiger partial charge in [0.25, 0.3) is 0 Å². The van der Waals surface area contributed by atoms with Crippen LogP contribution in [0.4, 0.5) is 0 Å². The minimum Gasteiger partial charge on any atom is -0.366 e. The second-order valence-electron chi connectivity index (χ2n) is 4.61. The minimum absolute atomic E-state index is 0.455. The highest BCUT2D eigenvalue weighted by atomic mass is 32.2. The molecule has 0 saturated carbocycles. The number of carbonyl (C=O) groups is 1. The van der Waals surface area contributed by atoms with E-state index in [1.165, 1.54) is 0 Å². The van der Waals surface area contributed by atoms with Crippen molar-refractivity contribution in [2.24, 2.45) is 5.73 Å². The molecule has 0 unspecified atom stereocenters. The number of rotatable bonds is 5. The normalized spacial score (nSPS) is 10.7. The van der Waals surface area contributed by atoms with E-state index in [-0.39, 0.29) is 0 Å². The van der Waals surface area contributed by atoms with Gasteiger partial charge in [0.2, 0.25) is 11.9 Å². The van der Waals surface area contributed by atoms with Crippen LogP contribution in [-0.2, 0) is 0 Å². The zero-order valence-corrected chi connectivity index (χ0v) is 12.6. The molecule has 1 amide bonds. The lowest BCUT2D eigenvalue weighted by Gasteiger charge is -2.03. The Labute approximate surface area is 131 Å². The number of nitrogens with two attached hydrogens (primary N) is 1. The number of hydrogen-bond donors (Lipinski definition) is 1. The third-order valence-electron chi connectivity index (χ3n) is 3.18. The Morgan fingerprint density at radius 3 is 2.82 bits per heavy atom. The van der Waals surface area contributed by atoms with Gasteiger partial charge in [0.1, 0.15) is 0 Å². The number of primary amides is 1. The van der Waals surface area contributed by atoms with Gasteiger partial charge >= 0.3 is 0 Å². The van der Waals surface area contributed by atoms with E-state index in [9.17, 15) is 4.79 Å². The number of aromatic nitrogens is 3. The predicted octanol–water partition coefficient (Wildman–Crippen LogP) is 2.80. The molecule has 22 heavy (non-hydrogen) atoms. The van der Waals surface area contributed by atoms with E-state index in [2.05, 4.69) is 16.5 Å². The Morgan fingerprint density at radius 1 is 1.36 bits per heavy atom. The maximum absolute atomic E-state index is 11.4. The highest BCUT2D eigenvalue weighted by Crippen LogP contribution is 2.32. The van der Waals surface area contributed by atoms with Gasteiger partial charge in [0.15, 0.2) is 0 Å². The summed E-state index contributed by atoms with van der Waals surface area (Å²) in [5.41, 5.74) is 6.70. The Bertz CT molecular complexity index is 842. The molecule has 5 nitrogen and oxygen atoms in total. The van der Waals surface area contributed by atoms with Gasteiger partial charge in [-0.15, -0.1) is 18.3 Å². The van der Waals surface area contributed by atoms with Crippen molar-refractivity contribution in [1.82, 2.24) is 14.5 Å². The van der Waals surface area contributed by atoms with Crippen molar-refractivity contribution in [2.75, 3.05) is 5.75 Å². The lowest BCUT2D eigenvalue weighted by molar-refractivity contribution is 0.100. The van der Waals surface area contributed by atoms with Gasteiger partial charge in [-0.2, -0.15) is 0 Å². The first-order valence-electron chi connectivity index (χ1n) is 6.66. The van der Waals surface area contributed by atoms with E-state index < -0.39 is 5.91 Å². The Hall–Kier alpha value is -2.60. The van der Waals surface area contributed by atoms with Crippen molar-refractivity contribution in [3.8, 4) is 5.95 Å².